The molecule has 0 saturated heterocycles. The average Bonchev–Trinajstić information content (AvgIpc) is 2.65. The molecule has 0 radical (unpaired) electrons. The van der Waals surface area contributed by atoms with E-state index < -0.39 is 10.3 Å². The summed E-state index contributed by atoms with van der Waals surface area (Å²) in [5.74, 6) is 0.345. The molecule has 8 heteroatoms. The minimum absolute atomic E-state index is 0.0233. The Morgan fingerprint density at radius 1 is 1.14 bits per heavy atom. The van der Waals surface area contributed by atoms with Gasteiger partial charge in [0.05, 0.1) is 16.9 Å². The molecule has 0 heterocycles. The molecule has 2 aromatic carbocycles. The first kappa shape index (κ1) is 20.3. The lowest BCUT2D eigenvalue weighted by Crippen LogP contribution is -2.42. The van der Waals surface area contributed by atoms with Crippen molar-refractivity contribution in [2.24, 2.45) is 5.41 Å². The number of nitro groups is 1. The second-order valence-electron chi connectivity index (χ2n) is 6.96. The van der Waals surface area contributed by atoms with E-state index in [-0.39, 0.29) is 24.0 Å². The van der Waals surface area contributed by atoms with Gasteiger partial charge in [0.25, 0.3) is 5.69 Å². The van der Waals surface area contributed by atoms with Crippen LogP contribution in [0.4, 0.5) is 11.4 Å². The van der Waals surface area contributed by atoms with Crippen molar-refractivity contribution in [3.8, 4) is 11.5 Å². The molecule has 29 heavy (non-hydrogen) atoms. The van der Waals surface area contributed by atoms with Gasteiger partial charge < -0.3 is 14.8 Å². The highest BCUT2D eigenvalue weighted by Crippen LogP contribution is 2.45. The highest BCUT2D eigenvalue weighted by Gasteiger charge is 2.47. The zero-order valence-corrected chi connectivity index (χ0v) is 16.1. The van der Waals surface area contributed by atoms with Gasteiger partial charge in [-0.25, -0.2) is 0 Å². The van der Waals surface area contributed by atoms with E-state index in [1.807, 2.05) is 0 Å². The Bertz CT molecular complexity index is 906. The van der Waals surface area contributed by atoms with Crippen LogP contribution >= 0.6 is 0 Å². The number of amides is 1. The number of nitro benzene ring substituents is 1. The molecule has 0 bridgehead atoms. The van der Waals surface area contributed by atoms with Crippen molar-refractivity contribution in [3.63, 3.8) is 0 Å². The monoisotopic (exact) mass is 398 g/mol. The van der Waals surface area contributed by atoms with Crippen LogP contribution in [0.5, 0.6) is 11.5 Å². The van der Waals surface area contributed by atoms with E-state index in [0.29, 0.717) is 36.6 Å². The molecule has 1 aliphatic carbocycles. The molecule has 0 spiro atoms. The van der Waals surface area contributed by atoms with Crippen molar-refractivity contribution >= 4 is 23.3 Å². The van der Waals surface area contributed by atoms with Gasteiger partial charge in [-0.2, -0.15) is 0 Å². The van der Waals surface area contributed by atoms with Gasteiger partial charge in [0.2, 0.25) is 5.91 Å². The van der Waals surface area contributed by atoms with Gasteiger partial charge in [0, 0.05) is 30.3 Å². The van der Waals surface area contributed by atoms with Crippen LogP contribution in [0.15, 0.2) is 48.5 Å². The first-order valence-corrected chi connectivity index (χ1v) is 9.41. The molecule has 0 atom stereocenters. The van der Waals surface area contributed by atoms with Gasteiger partial charge in [-0.05, 0) is 44.0 Å². The Hall–Kier alpha value is -3.42. The van der Waals surface area contributed by atoms with Crippen molar-refractivity contribution in [1.82, 2.24) is 0 Å². The summed E-state index contributed by atoms with van der Waals surface area (Å²) < 4.78 is 10.8. The lowest BCUT2D eigenvalue weighted by Gasteiger charge is -2.38. The number of carbonyl (C=O) groups excluding carboxylic acids is 2. The summed E-state index contributed by atoms with van der Waals surface area (Å²) >= 11 is 0. The number of rotatable bonds is 8. The van der Waals surface area contributed by atoms with E-state index >= 15 is 0 Å². The number of carbonyl (C=O) groups is 2. The number of hydrogen-bond donors (Lipinski definition) is 1. The molecule has 0 aliphatic heterocycles. The highest BCUT2D eigenvalue weighted by atomic mass is 16.6. The maximum Gasteiger partial charge on any atom is 0.312 e. The first-order chi connectivity index (χ1) is 13.9. The van der Waals surface area contributed by atoms with Gasteiger partial charge in [0.1, 0.15) is 11.5 Å². The SMILES string of the molecule is CCOC(=O)C1(CC(=O)Nc2cccc(Oc3ccc([N+](=O)[O-])cc3)c2)CCC1. The van der Waals surface area contributed by atoms with Gasteiger partial charge in [-0.3, -0.25) is 19.7 Å². The summed E-state index contributed by atoms with van der Waals surface area (Å²) in [6.07, 6.45) is 2.30. The summed E-state index contributed by atoms with van der Waals surface area (Å²) in [6.45, 7) is 2.05. The van der Waals surface area contributed by atoms with Crippen molar-refractivity contribution in [2.45, 2.75) is 32.6 Å². The molecule has 0 aromatic heterocycles. The normalized spacial score (nSPS) is 14.4. The van der Waals surface area contributed by atoms with Crippen LogP contribution in [-0.4, -0.2) is 23.4 Å². The Morgan fingerprint density at radius 2 is 1.86 bits per heavy atom. The molecule has 2 aromatic rings. The van der Waals surface area contributed by atoms with Crippen LogP contribution in [0, 0.1) is 15.5 Å². The number of nitrogens with zero attached hydrogens (tertiary/aromatic N) is 1. The number of ether oxygens (including phenoxy) is 2. The van der Waals surface area contributed by atoms with E-state index in [4.69, 9.17) is 9.47 Å². The number of anilines is 1. The van der Waals surface area contributed by atoms with Crippen LogP contribution in [-0.2, 0) is 14.3 Å². The molecule has 0 unspecified atom stereocenters. The number of benzene rings is 2. The fourth-order valence-corrected chi connectivity index (χ4v) is 3.26. The molecule has 3 rings (SSSR count). The zero-order chi connectivity index (χ0) is 20.9. The summed E-state index contributed by atoms with van der Waals surface area (Å²) in [6, 6.07) is 12.5. The maximum absolute atomic E-state index is 12.5. The lowest BCUT2D eigenvalue weighted by atomic mass is 9.66. The number of hydrogen-bond acceptors (Lipinski definition) is 6. The molecule has 1 saturated carbocycles. The van der Waals surface area contributed by atoms with Crippen LogP contribution in [0.2, 0.25) is 0 Å². The Balaban J connectivity index is 1.62. The minimum Gasteiger partial charge on any atom is -0.466 e. The van der Waals surface area contributed by atoms with E-state index in [1.54, 1.807) is 31.2 Å². The fraction of sp³-hybridized carbons (Fsp3) is 0.333. The lowest BCUT2D eigenvalue weighted by molar-refractivity contribution is -0.384. The molecular weight excluding hydrogens is 376 g/mol. The largest absolute Gasteiger partial charge is 0.466 e. The summed E-state index contributed by atoms with van der Waals surface area (Å²) in [5.41, 5.74) is -0.204. The standard InChI is InChI=1S/C21H22N2O6/c1-2-28-20(25)21(11-4-12-21)14-19(24)22-15-5-3-6-18(13-15)29-17-9-7-16(8-10-17)23(26)27/h3,5-10,13H,2,4,11-12,14H2,1H3,(H,22,24). The van der Waals surface area contributed by atoms with Gasteiger partial charge in [-0.1, -0.05) is 12.5 Å². The molecular formula is C21H22N2O6. The third kappa shape index (κ3) is 4.90. The topological polar surface area (TPSA) is 108 Å². The number of esters is 1. The minimum atomic E-state index is -0.715. The van der Waals surface area contributed by atoms with Gasteiger partial charge in [-0.15, -0.1) is 0 Å². The fourth-order valence-electron chi connectivity index (χ4n) is 3.26. The van der Waals surface area contributed by atoms with E-state index in [0.717, 1.165) is 6.42 Å². The second-order valence-corrected chi connectivity index (χ2v) is 6.96. The van der Waals surface area contributed by atoms with Crippen LogP contribution in [0.3, 0.4) is 0 Å². The highest BCUT2D eigenvalue weighted by molar-refractivity contribution is 5.95. The Labute approximate surface area is 168 Å². The van der Waals surface area contributed by atoms with Crippen molar-refractivity contribution in [3.05, 3.63) is 58.6 Å². The predicted molar refractivity (Wildman–Crippen MR) is 106 cm³/mol. The quantitative estimate of drug-likeness (QED) is 0.400. The molecule has 8 nitrogen and oxygen atoms in total. The summed E-state index contributed by atoms with van der Waals surface area (Å²) in [5, 5.41) is 13.5. The smallest absolute Gasteiger partial charge is 0.312 e. The van der Waals surface area contributed by atoms with Crippen LogP contribution in [0.25, 0.3) is 0 Å². The average molecular weight is 398 g/mol. The summed E-state index contributed by atoms with van der Waals surface area (Å²) in [4.78, 5) is 34.9. The molecule has 1 amide bonds. The molecule has 1 N–H and O–H groups in total. The third-order valence-electron chi connectivity index (χ3n) is 4.92. The molecule has 1 fully saturated rings. The van der Waals surface area contributed by atoms with Crippen LogP contribution in [0.1, 0.15) is 32.6 Å². The van der Waals surface area contributed by atoms with Crippen LogP contribution < -0.4 is 10.1 Å². The van der Waals surface area contributed by atoms with Gasteiger partial charge in [0.15, 0.2) is 0 Å². The zero-order valence-electron chi connectivity index (χ0n) is 16.1. The molecule has 1 aliphatic rings. The predicted octanol–water partition coefficient (Wildman–Crippen LogP) is 4.45. The summed E-state index contributed by atoms with van der Waals surface area (Å²) in [7, 11) is 0. The first-order valence-electron chi connectivity index (χ1n) is 9.41. The third-order valence-corrected chi connectivity index (χ3v) is 4.92. The number of non-ortho nitro benzene ring substituents is 1. The maximum atomic E-state index is 12.5. The van der Waals surface area contributed by atoms with E-state index in [1.165, 1.54) is 24.3 Å². The van der Waals surface area contributed by atoms with Crippen molar-refractivity contribution in [1.29, 1.82) is 0 Å². The van der Waals surface area contributed by atoms with E-state index in [2.05, 4.69) is 5.32 Å². The second kappa shape index (κ2) is 8.72. The van der Waals surface area contributed by atoms with Crippen molar-refractivity contribution < 1.29 is 24.0 Å². The Kier molecular flexibility index (Phi) is 6.11. The molecule has 152 valence electrons. The van der Waals surface area contributed by atoms with Gasteiger partial charge >= 0.3 is 5.97 Å². The van der Waals surface area contributed by atoms with Crippen molar-refractivity contribution in [2.75, 3.05) is 11.9 Å². The van der Waals surface area contributed by atoms with E-state index in [9.17, 15) is 19.7 Å². The number of nitrogens with one attached hydrogen (secondary N) is 1. The Morgan fingerprint density at radius 3 is 2.45 bits per heavy atom.